The van der Waals surface area contributed by atoms with E-state index < -0.39 is 0 Å². The van der Waals surface area contributed by atoms with Crippen molar-refractivity contribution >= 4 is 16.7 Å². The van der Waals surface area contributed by atoms with Crippen LogP contribution in [0.1, 0.15) is 12.6 Å². The molecule has 1 aromatic carbocycles. The average molecular weight is 280 g/mol. The topological polar surface area (TPSA) is 59.9 Å². The third-order valence-corrected chi connectivity index (χ3v) is 3.03. The highest BCUT2D eigenvalue weighted by Gasteiger charge is 2.04. The summed E-state index contributed by atoms with van der Waals surface area (Å²) in [6.07, 6.45) is 5.19. The molecular formula is C16H16N4O. The van der Waals surface area contributed by atoms with Gasteiger partial charge in [-0.05, 0) is 19.1 Å². The van der Waals surface area contributed by atoms with E-state index in [2.05, 4.69) is 20.3 Å². The Hall–Kier alpha value is -2.69. The SMILES string of the molecule is CCNc1cnc(COc2cccc3cccnc23)cn1. The van der Waals surface area contributed by atoms with Crippen molar-refractivity contribution in [2.75, 3.05) is 11.9 Å². The highest BCUT2D eigenvalue weighted by Crippen LogP contribution is 2.23. The highest BCUT2D eigenvalue weighted by atomic mass is 16.5. The van der Waals surface area contributed by atoms with E-state index in [1.807, 2.05) is 37.3 Å². The van der Waals surface area contributed by atoms with Gasteiger partial charge >= 0.3 is 0 Å². The number of hydrogen-bond acceptors (Lipinski definition) is 5. The molecule has 2 heterocycles. The van der Waals surface area contributed by atoms with Gasteiger partial charge in [0.05, 0.1) is 18.1 Å². The fraction of sp³-hybridized carbons (Fsp3) is 0.188. The van der Waals surface area contributed by atoms with Crippen molar-refractivity contribution in [2.24, 2.45) is 0 Å². The second-order valence-corrected chi connectivity index (χ2v) is 4.54. The standard InChI is InChI=1S/C16H16N4O/c1-2-17-15-10-19-13(9-20-15)11-21-14-7-3-5-12-6-4-8-18-16(12)14/h3-10H,2,11H2,1H3,(H,17,20). The Morgan fingerprint density at radius 3 is 2.76 bits per heavy atom. The van der Waals surface area contributed by atoms with Crippen LogP contribution in [0.3, 0.4) is 0 Å². The van der Waals surface area contributed by atoms with Gasteiger partial charge < -0.3 is 10.1 Å². The first-order valence-corrected chi connectivity index (χ1v) is 6.88. The third kappa shape index (κ3) is 3.08. The van der Waals surface area contributed by atoms with Gasteiger partial charge in [0, 0.05) is 18.1 Å². The molecule has 0 unspecified atom stereocenters. The number of pyridine rings is 1. The van der Waals surface area contributed by atoms with E-state index in [0.29, 0.717) is 6.61 Å². The zero-order valence-electron chi connectivity index (χ0n) is 11.8. The zero-order chi connectivity index (χ0) is 14.5. The number of ether oxygens (including phenoxy) is 1. The Balaban J connectivity index is 1.74. The fourth-order valence-electron chi connectivity index (χ4n) is 2.05. The second kappa shape index (κ2) is 6.17. The summed E-state index contributed by atoms with van der Waals surface area (Å²) in [5.74, 6) is 1.53. The molecule has 5 nitrogen and oxygen atoms in total. The van der Waals surface area contributed by atoms with Crippen molar-refractivity contribution in [1.82, 2.24) is 15.0 Å². The van der Waals surface area contributed by atoms with Gasteiger partial charge in [0.2, 0.25) is 0 Å². The zero-order valence-corrected chi connectivity index (χ0v) is 11.8. The molecule has 0 spiro atoms. The van der Waals surface area contributed by atoms with Gasteiger partial charge in [-0.15, -0.1) is 0 Å². The predicted molar refractivity (Wildman–Crippen MR) is 82.3 cm³/mol. The quantitative estimate of drug-likeness (QED) is 0.778. The van der Waals surface area contributed by atoms with Gasteiger partial charge in [-0.25, -0.2) is 4.98 Å². The molecule has 0 radical (unpaired) electrons. The number of anilines is 1. The van der Waals surface area contributed by atoms with Crippen molar-refractivity contribution in [1.29, 1.82) is 0 Å². The van der Waals surface area contributed by atoms with Crippen LogP contribution in [0.25, 0.3) is 10.9 Å². The van der Waals surface area contributed by atoms with E-state index in [9.17, 15) is 0 Å². The molecule has 0 bridgehead atoms. The van der Waals surface area contributed by atoms with Crippen molar-refractivity contribution in [3.8, 4) is 5.75 Å². The van der Waals surface area contributed by atoms with Crippen LogP contribution in [-0.4, -0.2) is 21.5 Å². The first-order valence-electron chi connectivity index (χ1n) is 6.88. The molecule has 3 rings (SSSR count). The average Bonchev–Trinajstić information content (AvgIpc) is 2.54. The summed E-state index contributed by atoms with van der Waals surface area (Å²) >= 11 is 0. The van der Waals surface area contributed by atoms with E-state index >= 15 is 0 Å². The summed E-state index contributed by atoms with van der Waals surface area (Å²) < 4.78 is 5.82. The van der Waals surface area contributed by atoms with Crippen molar-refractivity contribution in [3.05, 3.63) is 54.6 Å². The maximum absolute atomic E-state index is 5.82. The van der Waals surface area contributed by atoms with E-state index in [1.54, 1.807) is 18.6 Å². The number of nitrogens with one attached hydrogen (secondary N) is 1. The number of para-hydroxylation sites is 1. The molecule has 2 aromatic heterocycles. The molecule has 106 valence electrons. The molecule has 0 saturated carbocycles. The monoisotopic (exact) mass is 280 g/mol. The Morgan fingerprint density at radius 2 is 1.95 bits per heavy atom. The second-order valence-electron chi connectivity index (χ2n) is 4.54. The molecule has 21 heavy (non-hydrogen) atoms. The van der Waals surface area contributed by atoms with Crippen LogP contribution >= 0.6 is 0 Å². The van der Waals surface area contributed by atoms with Crippen molar-refractivity contribution < 1.29 is 4.74 Å². The summed E-state index contributed by atoms with van der Waals surface area (Å²) in [6, 6.07) is 9.81. The fourth-order valence-corrected chi connectivity index (χ4v) is 2.05. The Morgan fingerprint density at radius 1 is 1.05 bits per heavy atom. The van der Waals surface area contributed by atoms with Crippen LogP contribution in [0.5, 0.6) is 5.75 Å². The van der Waals surface area contributed by atoms with Crippen LogP contribution in [-0.2, 0) is 6.61 Å². The maximum Gasteiger partial charge on any atom is 0.146 e. The molecule has 0 aliphatic heterocycles. The summed E-state index contributed by atoms with van der Waals surface area (Å²) in [5, 5.41) is 4.17. The molecule has 0 aliphatic rings. The van der Waals surface area contributed by atoms with Crippen LogP contribution in [0.2, 0.25) is 0 Å². The largest absolute Gasteiger partial charge is 0.485 e. The van der Waals surface area contributed by atoms with Gasteiger partial charge in [0.25, 0.3) is 0 Å². The number of aromatic nitrogens is 3. The summed E-state index contributed by atoms with van der Waals surface area (Å²) in [4.78, 5) is 13.0. The number of hydrogen-bond donors (Lipinski definition) is 1. The number of fused-ring (bicyclic) bond motifs is 1. The molecule has 3 aromatic rings. The molecule has 5 heteroatoms. The molecule has 0 fully saturated rings. The van der Waals surface area contributed by atoms with Crippen LogP contribution < -0.4 is 10.1 Å². The van der Waals surface area contributed by atoms with Crippen LogP contribution in [0, 0.1) is 0 Å². The van der Waals surface area contributed by atoms with Crippen molar-refractivity contribution in [2.45, 2.75) is 13.5 Å². The first-order chi connectivity index (χ1) is 10.4. The highest BCUT2D eigenvalue weighted by molar-refractivity contribution is 5.84. The Kier molecular flexibility index (Phi) is 3.91. The van der Waals surface area contributed by atoms with Crippen LogP contribution in [0.15, 0.2) is 48.9 Å². The molecule has 1 N–H and O–H groups in total. The molecule has 0 amide bonds. The molecule has 0 saturated heterocycles. The number of nitrogens with zero attached hydrogens (tertiary/aromatic N) is 3. The van der Waals surface area contributed by atoms with E-state index in [0.717, 1.165) is 34.7 Å². The number of rotatable bonds is 5. The minimum absolute atomic E-state index is 0.370. The van der Waals surface area contributed by atoms with Crippen molar-refractivity contribution in [3.63, 3.8) is 0 Å². The Bertz CT molecular complexity index is 722. The summed E-state index contributed by atoms with van der Waals surface area (Å²) in [6.45, 7) is 3.22. The molecule has 0 aliphatic carbocycles. The lowest BCUT2D eigenvalue weighted by Gasteiger charge is -2.08. The first kappa shape index (κ1) is 13.3. The Labute approximate surface area is 123 Å². The van der Waals surface area contributed by atoms with E-state index in [-0.39, 0.29) is 0 Å². The van der Waals surface area contributed by atoms with Gasteiger partial charge in [-0.2, -0.15) is 0 Å². The van der Waals surface area contributed by atoms with E-state index in [4.69, 9.17) is 4.74 Å². The van der Waals surface area contributed by atoms with Gasteiger partial charge in [-0.1, -0.05) is 18.2 Å². The minimum Gasteiger partial charge on any atom is -0.485 e. The van der Waals surface area contributed by atoms with Crippen LogP contribution in [0.4, 0.5) is 5.82 Å². The molecule has 0 atom stereocenters. The lowest BCUT2D eigenvalue weighted by atomic mass is 10.2. The van der Waals surface area contributed by atoms with Gasteiger partial charge in [0.1, 0.15) is 23.7 Å². The van der Waals surface area contributed by atoms with E-state index in [1.165, 1.54) is 0 Å². The normalized spacial score (nSPS) is 10.5. The molecular weight excluding hydrogens is 264 g/mol. The lowest BCUT2D eigenvalue weighted by Crippen LogP contribution is -2.03. The minimum atomic E-state index is 0.370. The van der Waals surface area contributed by atoms with Gasteiger partial charge in [0.15, 0.2) is 0 Å². The predicted octanol–water partition coefficient (Wildman–Crippen LogP) is 3.04. The summed E-state index contributed by atoms with van der Waals surface area (Å²) in [7, 11) is 0. The smallest absolute Gasteiger partial charge is 0.146 e. The number of benzene rings is 1. The lowest BCUT2D eigenvalue weighted by molar-refractivity contribution is 0.304. The third-order valence-electron chi connectivity index (χ3n) is 3.03. The summed E-state index contributed by atoms with van der Waals surface area (Å²) in [5.41, 5.74) is 1.64. The maximum atomic E-state index is 5.82. The van der Waals surface area contributed by atoms with Gasteiger partial charge in [-0.3, -0.25) is 9.97 Å².